The highest BCUT2D eigenvalue weighted by Gasteiger charge is 2.14. The van der Waals surface area contributed by atoms with Gasteiger partial charge in [0.05, 0.1) is 14.2 Å². The first-order valence-electron chi connectivity index (χ1n) is 8.17. The van der Waals surface area contributed by atoms with Crippen molar-refractivity contribution in [1.82, 2.24) is 0 Å². The standard InChI is InChI=1S/C19H23N3O4/c1-25-18(23)21-15-7-3-13(4-8-15)17(11-12-20)14-5-9-16(10-6-14)22-19(24)26-2/h3-10,17H,11-12,20H2,1-2H3,(H,21,23)(H,22,24). The lowest BCUT2D eigenvalue weighted by molar-refractivity contribution is 0.186. The zero-order chi connectivity index (χ0) is 18.9. The van der Waals surface area contributed by atoms with Crippen LogP contribution in [0, 0.1) is 0 Å². The van der Waals surface area contributed by atoms with Crippen LogP contribution in [0.3, 0.4) is 0 Å². The van der Waals surface area contributed by atoms with E-state index in [9.17, 15) is 9.59 Å². The van der Waals surface area contributed by atoms with Gasteiger partial charge in [0.15, 0.2) is 0 Å². The first kappa shape index (κ1) is 19.3. The van der Waals surface area contributed by atoms with Crippen LogP contribution in [0.1, 0.15) is 23.5 Å². The van der Waals surface area contributed by atoms with Gasteiger partial charge in [-0.25, -0.2) is 9.59 Å². The zero-order valence-electron chi connectivity index (χ0n) is 14.8. The number of anilines is 2. The van der Waals surface area contributed by atoms with Crippen molar-refractivity contribution < 1.29 is 19.1 Å². The molecule has 0 fully saturated rings. The molecule has 0 saturated heterocycles. The maximum Gasteiger partial charge on any atom is 0.411 e. The predicted molar refractivity (Wildman–Crippen MR) is 100 cm³/mol. The van der Waals surface area contributed by atoms with Crippen LogP contribution < -0.4 is 16.4 Å². The second-order valence-corrected chi connectivity index (χ2v) is 5.61. The van der Waals surface area contributed by atoms with Gasteiger partial charge in [-0.3, -0.25) is 10.6 Å². The number of methoxy groups -OCH3 is 2. The normalized spacial score (nSPS) is 10.3. The highest BCUT2D eigenvalue weighted by Crippen LogP contribution is 2.29. The van der Waals surface area contributed by atoms with E-state index in [-0.39, 0.29) is 5.92 Å². The Balaban J connectivity index is 2.17. The number of ether oxygens (including phenoxy) is 2. The molecule has 0 bridgehead atoms. The molecule has 2 amide bonds. The van der Waals surface area contributed by atoms with Crippen molar-refractivity contribution in [1.29, 1.82) is 0 Å². The van der Waals surface area contributed by atoms with Gasteiger partial charge >= 0.3 is 12.2 Å². The van der Waals surface area contributed by atoms with E-state index >= 15 is 0 Å². The molecule has 0 aliphatic carbocycles. The number of amides is 2. The molecule has 0 radical (unpaired) electrons. The second-order valence-electron chi connectivity index (χ2n) is 5.61. The van der Waals surface area contributed by atoms with Gasteiger partial charge in [0.2, 0.25) is 0 Å². The number of nitrogens with two attached hydrogens (primary N) is 1. The summed E-state index contributed by atoms with van der Waals surface area (Å²) in [5, 5.41) is 5.25. The topological polar surface area (TPSA) is 103 Å². The lowest BCUT2D eigenvalue weighted by Crippen LogP contribution is -2.12. The molecule has 0 atom stereocenters. The Kier molecular flexibility index (Phi) is 6.99. The van der Waals surface area contributed by atoms with Gasteiger partial charge < -0.3 is 15.2 Å². The summed E-state index contributed by atoms with van der Waals surface area (Å²) in [6.45, 7) is 0.537. The van der Waals surface area contributed by atoms with Crippen LogP contribution in [0.15, 0.2) is 48.5 Å². The summed E-state index contributed by atoms with van der Waals surface area (Å²) >= 11 is 0. The highest BCUT2D eigenvalue weighted by molar-refractivity contribution is 5.85. The van der Waals surface area contributed by atoms with E-state index in [2.05, 4.69) is 20.1 Å². The van der Waals surface area contributed by atoms with Crippen LogP contribution in [-0.4, -0.2) is 33.0 Å². The SMILES string of the molecule is COC(=O)Nc1ccc(C(CCN)c2ccc(NC(=O)OC)cc2)cc1. The third-order valence-electron chi connectivity index (χ3n) is 3.95. The van der Waals surface area contributed by atoms with E-state index in [4.69, 9.17) is 5.73 Å². The Morgan fingerprint density at radius 2 is 1.23 bits per heavy atom. The molecule has 0 saturated carbocycles. The van der Waals surface area contributed by atoms with Crippen LogP contribution in [0.4, 0.5) is 21.0 Å². The van der Waals surface area contributed by atoms with Crippen molar-refractivity contribution in [3.63, 3.8) is 0 Å². The Hall–Kier alpha value is -3.06. The molecule has 0 spiro atoms. The number of hydrogen-bond acceptors (Lipinski definition) is 5. The van der Waals surface area contributed by atoms with E-state index in [1.54, 1.807) is 0 Å². The van der Waals surface area contributed by atoms with Crippen LogP contribution >= 0.6 is 0 Å². The van der Waals surface area contributed by atoms with E-state index in [0.29, 0.717) is 17.9 Å². The molecule has 2 aromatic rings. The highest BCUT2D eigenvalue weighted by atomic mass is 16.5. The Morgan fingerprint density at radius 1 is 0.846 bits per heavy atom. The Bertz CT molecular complexity index is 668. The lowest BCUT2D eigenvalue weighted by atomic mass is 9.88. The van der Waals surface area contributed by atoms with E-state index in [0.717, 1.165) is 17.5 Å². The molecule has 4 N–H and O–H groups in total. The minimum absolute atomic E-state index is 0.111. The van der Waals surface area contributed by atoms with Crippen LogP contribution in [-0.2, 0) is 9.47 Å². The maximum atomic E-state index is 11.3. The first-order chi connectivity index (χ1) is 12.6. The molecule has 7 nitrogen and oxygen atoms in total. The van der Waals surface area contributed by atoms with Crippen LogP contribution in [0.2, 0.25) is 0 Å². The van der Waals surface area contributed by atoms with Gasteiger partial charge in [-0.1, -0.05) is 24.3 Å². The number of nitrogens with one attached hydrogen (secondary N) is 2. The first-order valence-corrected chi connectivity index (χ1v) is 8.17. The summed E-state index contributed by atoms with van der Waals surface area (Å²) in [6.07, 6.45) is -0.247. The van der Waals surface area contributed by atoms with Crippen molar-refractivity contribution in [2.75, 3.05) is 31.4 Å². The molecule has 0 unspecified atom stereocenters. The number of carbonyl (C=O) groups excluding carboxylic acids is 2. The smallest absolute Gasteiger partial charge is 0.411 e. The zero-order valence-corrected chi connectivity index (χ0v) is 14.8. The van der Waals surface area contributed by atoms with Gasteiger partial charge in [0.25, 0.3) is 0 Å². The minimum atomic E-state index is -0.509. The fourth-order valence-electron chi connectivity index (χ4n) is 2.63. The molecule has 26 heavy (non-hydrogen) atoms. The monoisotopic (exact) mass is 357 g/mol. The molecular formula is C19H23N3O4. The second kappa shape index (κ2) is 9.43. The third-order valence-corrected chi connectivity index (χ3v) is 3.95. The summed E-state index contributed by atoms with van der Waals surface area (Å²) < 4.78 is 9.16. The maximum absolute atomic E-state index is 11.3. The molecule has 0 heterocycles. The van der Waals surface area contributed by atoms with E-state index in [1.807, 2.05) is 48.5 Å². The van der Waals surface area contributed by atoms with Crippen LogP contribution in [0.25, 0.3) is 0 Å². The van der Waals surface area contributed by atoms with E-state index < -0.39 is 12.2 Å². The van der Waals surface area contributed by atoms with Crippen LogP contribution in [0.5, 0.6) is 0 Å². The third kappa shape index (κ3) is 5.22. The molecule has 0 aliphatic heterocycles. The van der Waals surface area contributed by atoms with Gasteiger partial charge in [-0.15, -0.1) is 0 Å². The predicted octanol–water partition coefficient (Wildman–Crippen LogP) is 3.52. The molecule has 0 aromatic heterocycles. The molecule has 138 valence electrons. The summed E-state index contributed by atoms with van der Waals surface area (Å²) in [6, 6.07) is 15.1. The van der Waals surface area contributed by atoms with Gasteiger partial charge in [-0.2, -0.15) is 0 Å². The lowest BCUT2D eigenvalue weighted by Gasteiger charge is -2.18. The Morgan fingerprint density at radius 3 is 1.54 bits per heavy atom. The molecule has 0 aliphatic rings. The summed E-state index contributed by atoms with van der Waals surface area (Å²) in [5.41, 5.74) is 9.26. The summed E-state index contributed by atoms with van der Waals surface area (Å²) in [4.78, 5) is 22.5. The van der Waals surface area contributed by atoms with Crippen molar-refractivity contribution >= 4 is 23.6 Å². The van der Waals surface area contributed by atoms with Crippen molar-refractivity contribution in [2.24, 2.45) is 5.73 Å². The minimum Gasteiger partial charge on any atom is -0.453 e. The fourth-order valence-corrected chi connectivity index (χ4v) is 2.63. The average Bonchev–Trinajstić information content (AvgIpc) is 2.67. The van der Waals surface area contributed by atoms with E-state index in [1.165, 1.54) is 14.2 Å². The average molecular weight is 357 g/mol. The van der Waals surface area contributed by atoms with Gasteiger partial charge in [0, 0.05) is 17.3 Å². The van der Waals surface area contributed by atoms with Crippen molar-refractivity contribution in [3.8, 4) is 0 Å². The van der Waals surface area contributed by atoms with Crippen molar-refractivity contribution in [2.45, 2.75) is 12.3 Å². The largest absolute Gasteiger partial charge is 0.453 e. The molecule has 2 rings (SSSR count). The van der Waals surface area contributed by atoms with Gasteiger partial charge in [-0.05, 0) is 48.4 Å². The summed E-state index contributed by atoms with van der Waals surface area (Å²) in [5.74, 6) is 0.111. The quantitative estimate of drug-likeness (QED) is 0.734. The number of benzene rings is 2. The summed E-state index contributed by atoms with van der Waals surface area (Å²) in [7, 11) is 2.64. The fraction of sp³-hybridized carbons (Fsp3) is 0.263. The number of hydrogen-bond donors (Lipinski definition) is 3. The van der Waals surface area contributed by atoms with Crippen molar-refractivity contribution in [3.05, 3.63) is 59.7 Å². The Labute approximate surface area is 152 Å². The number of rotatable bonds is 6. The van der Waals surface area contributed by atoms with Gasteiger partial charge in [0.1, 0.15) is 0 Å². The molecule has 2 aromatic carbocycles. The number of carbonyl (C=O) groups is 2. The molecule has 7 heteroatoms. The molecular weight excluding hydrogens is 334 g/mol.